The molecular weight excluding hydrogens is 400 g/mol. The van der Waals surface area contributed by atoms with Crippen LogP contribution in [0.1, 0.15) is 50.3 Å². The lowest BCUT2D eigenvalue weighted by Crippen LogP contribution is -2.50. The summed E-state index contributed by atoms with van der Waals surface area (Å²) in [7, 11) is 5.56. The Bertz CT molecular complexity index is 881. The molecule has 5 heteroatoms. The number of rotatable bonds is 10. The zero-order chi connectivity index (χ0) is 23.1. The van der Waals surface area contributed by atoms with Crippen molar-refractivity contribution >= 4 is 5.91 Å². The predicted octanol–water partition coefficient (Wildman–Crippen LogP) is 4.86. The van der Waals surface area contributed by atoms with Crippen LogP contribution < -0.4 is 14.8 Å². The lowest BCUT2D eigenvalue weighted by molar-refractivity contribution is -0.138. The molecule has 1 heterocycles. The van der Waals surface area contributed by atoms with Crippen molar-refractivity contribution in [1.82, 2.24) is 10.2 Å². The largest absolute Gasteiger partial charge is 0.497 e. The minimum atomic E-state index is -0.361. The Kier molecular flexibility index (Phi) is 8.19. The summed E-state index contributed by atoms with van der Waals surface area (Å²) in [6.07, 6.45) is 3.69. The molecule has 0 bridgehead atoms. The molecule has 1 aliphatic heterocycles. The molecule has 1 amide bonds. The van der Waals surface area contributed by atoms with Crippen LogP contribution in [0.2, 0.25) is 0 Å². The molecule has 3 rings (SSSR count). The van der Waals surface area contributed by atoms with Crippen molar-refractivity contribution in [1.29, 1.82) is 0 Å². The summed E-state index contributed by atoms with van der Waals surface area (Å²) in [5, 5.41) is 3.15. The summed E-state index contributed by atoms with van der Waals surface area (Å²) in [5.74, 6) is 2.20. The Balaban J connectivity index is 1.86. The summed E-state index contributed by atoms with van der Waals surface area (Å²) in [4.78, 5) is 15.5. The Morgan fingerprint density at radius 1 is 1.06 bits per heavy atom. The van der Waals surface area contributed by atoms with E-state index in [2.05, 4.69) is 55.4 Å². The topological polar surface area (TPSA) is 50.8 Å². The van der Waals surface area contributed by atoms with E-state index in [9.17, 15) is 4.79 Å². The van der Waals surface area contributed by atoms with Gasteiger partial charge in [-0.25, -0.2) is 0 Å². The molecule has 1 fully saturated rings. The lowest BCUT2D eigenvalue weighted by atomic mass is 9.66. The minimum absolute atomic E-state index is 0.120. The highest BCUT2D eigenvalue weighted by atomic mass is 16.5. The van der Waals surface area contributed by atoms with E-state index in [-0.39, 0.29) is 23.3 Å². The maximum Gasteiger partial charge on any atom is 0.226 e. The predicted molar refractivity (Wildman–Crippen MR) is 129 cm³/mol. The van der Waals surface area contributed by atoms with Gasteiger partial charge >= 0.3 is 0 Å². The number of nitrogens with zero attached hydrogens (tertiary/aromatic N) is 1. The van der Waals surface area contributed by atoms with Gasteiger partial charge in [-0.1, -0.05) is 38.1 Å². The van der Waals surface area contributed by atoms with E-state index in [1.54, 1.807) is 14.2 Å². The molecule has 1 aliphatic rings. The molecule has 2 atom stereocenters. The van der Waals surface area contributed by atoms with Crippen LogP contribution in [-0.2, 0) is 11.2 Å². The third-order valence-corrected chi connectivity index (χ3v) is 7.12. The van der Waals surface area contributed by atoms with E-state index >= 15 is 0 Å². The Morgan fingerprint density at radius 3 is 2.41 bits per heavy atom. The van der Waals surface area contributed by atoms with Gasteiger partial charge in [-0.2, -0.15) is 0 Å². The molecule has 32 heavy (non-hydrogen) atoms. The van der Waals surface area contributed by atoms with Crippen molar-refractivity contribution in [3.63, 3.8) is 0 Å². The number of hydrogen-bond acceptors (Lipinski definition) is 4. The fourth-order valence-electron chi connectivity index (χ4n) is 4.85. The average molecular weight is 439 g/mol. The molecule has 0 aromatic heterocycles. The molecule has 5 nitrogen and oxygen atoms in total. The third-order valence-electron chi connectivity index (χ3n) is 7.12. The van der Waals surface area contributed by atoms with E-state index in [4.69, 9.17) is 9.47 Å². The van der Waals surface area contributed by atoms with Crippen LogP contribution in [0.15, 0.2) is 48.5 Å². The number of benzene rings is 2. The van der Waals surface area contributed by atoms with Gasteiger partial charge in [-0.05, 0) is 74.0 Å². The molecule has 2 aromatic carbocycles. The summed E-state index contributed by atoms with van der Waals surface area (Å²) in [6.45, 7) is 6.05. The maximum atomic E-state index is 13.1. The zero-order valence-electron chi connectivity index (χ0n) is 20.2. The number of ether oxygens (including phenoxy) is 2. The number of methoxy groups -OCH3 is 2. The first-order valence-corrected chi connectivity index (χ1v) is 11.6. The van der Waals surface area contributed by atoms with Crippen LogP contribution in [0.25, 0.3) is 0 Å². The van der Waals surface area contributed by atoms with Crippen molar-refractivity contribution in [2.75, 3.05) is 34.4 Å². The SMILES string of the molecule is COc1ccc(CCN(C)C(CC2(C(C)C)CCCNC2=O)c2cccc(OC)c2)cc1. The number of amides is 1. The normalized spacial score (nSPS) is 19.7. The first-order chi connectivity index (χ1) is 15.4. The van der Waals surface area contributed by atoms with Crippen molar-refractivity contribution in [3.8, 4) is 11.5 Å². The van der Waals surface area contributed by atoms with Crippen LogP contribution in [0.4, 0.5) is 0 Å². The Morgan fingerprint density at radius 2 is 1.78 bits per heavy atom. The minimum Gasteiger partial charge on any atom is -0.497 e. The summed E-state index contributed by atoms with van der Waals surface area (Å²) in [6, 6.07) is 16.7. The van der Waals surface area contributed by atoms with Gasteiger partial charge in [-0.15, -0.1) is 0 Å². The molecule has 0 radical (unpaired) electrons. The second-order valence-corrected chi connectivity index (χ2v) is 9.25. The number of likely N-dealkylation sites (N-methyl/N-ethyl adjacent to an activating group) is 1. The first kappa shape index (κ1) is 24.1. The highest BCUT2D eigenvalue weighted by Gasteiger charge is 2.45. The van der Waals surface area contributed by atoms with E-state index < -0.39 is 0 Å². The van der Waals surface area contributed by atoms with Gasteiger partial charge in [0, 0.05) is 19.1 Å². The van der Waals surface area contributed by atoms with Gasteiger partial charge in [0.1, 0.15) is 11.5 Å². The van der Waals surface area contributed by atoms with E-state index in [1.807, 2.05) is 24.3 Å². The standard InChI is InChI=1S/C27H38N2O3/c1-20(2)27(15-7-16-28-26(27)30)19-25(22-8-6-9-24(18-22)32-5)29(3)17-14-21-10-12-23(31-4)13-11-21/h6,8-13,18,20,25H,7,14-17,19H2,1-5H3,(H,28,30). The molecule has 0 spiro atoms. The highest BCUT2D eigenvalue weighted by Crippen LogP contribution is 2.45. The maximum absolute atomic E-state index is 13.1. The van der Waals surface area contributed by atoms with E-state index in [0.29, 0.717) is 0 Å². The van der Waals surface area contributed by atoms with Crippen LogP contribution in [0.5, 0.6) is 11.5 Å². The van der Waals surface area contributed by atoms with Crippen LogP contribution in [0.3, 0.4) is 0 Å². The molecule has 174 valence electrons. The quantitative estimate of drug-likeness (QED) is 0.575. The molecule has 1 N–H and O–H groups in total. The van der Waals surface area contributed by atoms with Gasteiger partial charge in [-0.3, -0.25) is 9.69 Å². The van der Waals surface area contributed by atoms with Gasteiger partial charge in [0.25, 0.3) is 0 Å². The molecule has 2 aromatic rings. The number of carbonyl (C=O) groups excluding carboxylic acids is 1. The second-order valence-electron chi connectivity index (χ2n) is 9.25. The van der Waals surface area contributed by atoms with Crippen LogP contribution in [0, 0.1) is 11.3 Å². The molecular formula is C27H38N2O3. The molecule has 0 aliphatic carbocycles. The van der Waals surface area contributed by atoms with Crippen LogP contribution >= 0.6 is 0 Å². The van der Waals surface area contributed by atoms with Crippen molar-refractivity contribution in [2.45, 2.75) is 45.6 Å². The first-order valence-electron chi connectivity index (χ1n) is 11.6. The van der Waals surface area contributed by atoms with Gasteiger partial charge < -0.3 is 14.8 Å². The van der Waals surface area contributed by atoms with Crippen LogP contribution in [-0.4, -0.2) is 45.2 Å². The van der Waals surface area contributed by atoms with E-state index in [1.165, 1.54) is 11.1 Å². The fourth-order valence-corrected chi connectivity index (χ4v) is 4.85. The van der Waals surface area contributed by atoms with Gasteiger partial charge in [0.15, 0.2) is 0 Å². The number of hydrogen-bond donors (Lipinski definition) is 1. The number of carbonyl (C=O) groups is 1. The van der Waals surface area contributed by atoms with Gasteiger partial charge in [0.2, 0.25) is 5.91 Å². The summed E-state index contributed by atoms with van der Waals surface area (Å²) >= 11 is 0. The Hall–Kier alpha value is -2.53. The van der Waals surface area contributed by atoms with Gasteiger partial charge in [0.05, 0.1) is 19.6 Å². The average Bonchev–Trinajstić information content (AvgIpc) is 2.82. The lowest BCUT2D eigenvalue weighted by Gasteiger charge is -2.43. The fraction of sp³-hybridized carbons (Fsp3) is 0.519. The van der Waals surface area contributed by atoms with Crippen molar-refractivity contribution in [3.05, 3.63) is 59.7 Å². The highest BCUT2D eigenvalue weighted by molar-refractivity contribution is 5.83. The zero-order valence-corrected chi connectivity index (χ0v) is 20.2. The molecule has 0 saturated carbocycles. The second kappa shape index (κ2) is 10.9. The summed E-state index contributed by atoms with van der Waals surface area (Å²) in [5.41, 5.74) is 2.11. The molecule has 1 saturated heterocycles. The smallest absolute Gasteiger partial charge is 0.226 e. The van der Waals surface area contributed by atoms with E-state index in [0.717, 1.165) is 50.3 Å². The summed E-state index contributed by atoms with van der Waals surface area (Å²) < 4.78 is 10.8. The monoisotopic (exact) mass is 438 g/mol. The van der Waals surface area contributed by atoms with Crippen molar-refractivity contribution in [2.24, 2.45) is 11.3 Å². The molecule has 2 unspecified atom stereocenters. The third kappa shape index (κ3) is 5.44. The number of nitrogens with one attached hydrogen (secondary N) is 1. The Labute approximate surface area is 193 Å². The van der Waals surface area contributed by atoms with Crippen molar-refractivity contribution < 1.29 is 14.3 Å². The number of piperidine rings is 1.